The van der Waals surface area contributed by atoms with E-state index in [2.05, 4.69) is 10.4 Å². The Morgan fingerprint density at radius 1 is 1.59 bits per heavy atom. The van der Waals surface area contributed by atoms with Crippen molar-refractivity contribution in [3.05, 3.63) is 12.3 Å². The molecule has 92 valence electrons. The molecule has 7 nitrogen and oxygen atoms in total. The maximum absolute atomic E-state index is 11.8. The van der Waals surface area contributed by atoms with Gasteiger partial charge in [0.15, 0.2) is 5.82 Å². The van der Waals surface area contributed by atoms with Crippen LogP contribution in [-0.2, 0) is 11.8 Å². The van der Waals surface area contributed by atoms with Gasteiger partial charge in [-0.25, -0.2) is 9.59 Å². The van der Waals surface area contributed by atoms with Crippen molar-refractivity contribution in [2.24, 2.45) is 7.05 Å². The van der Waals surface area contributed by atoms with Crippen LogP contribution >= 0.6 is 0 Å². The molecular weight excluding hydrogens is 224 g/mol. The maximum Gasteiger partial charge on any atom is 0.326 e. The zero-order valence-corrected chi connectivity index (χ0v) is 9.46. The number of aliphatic carboxylic acids is 1. The summed E-state index contributed by atoms with van der Waals surface area (Å²) in [7, 11) is 1.74. The van der Waals surface area contributed by atoms with Crippen molar-refractivity contribution in [1.29, 1.82) is 0 Å². The van der Waals surface area contributed by atoms with Gasteiger partial charge in [0.05, 0.1) is 0 Å². The number of likely N-dealkylation sites (tertiary alicyclic amines) is 1. The predicted molar refractivity (Wildman–Crippen MR) is 59.6 cm³/mol. The molecule has 1 saturated heterocycles. The molecule has 0 spiro atoms. The van der Waals surface area contributed by atoms with Gasteiger partial charge in [0, 0.05) is 25.9 Å². The summed E-state index contributed by atoms with van der Waals surface area (Å²) in [5.74, 6) is -0.535. The fourth-order valence-electron chi connectivity index (χ4n) is 1.93. The van der Waals surface area contributed by atoms with Crippen LogP contribution in [-0.4, -0.2) is 44.4 Å². The first-order valence-corrected chi connectivity index (χ1v) is 5.38. The minimum atomic E-state index is -0.960. The van der Waals surface area contributed by atoms with Crippen LogP contribution < -0.4 is 5.32 Å². The zero-order chi connectivity index (χ0) is 12.4. The lowest BCUT2D eigenvalue weighted by molar-refractivity contribution is -0.141. The molecule has 1 atom stereocenters. The number of amides is 2. The molecule has 1 unspecified atom stereocenters. The molecule has 2 heterocycles. The molecule has 0 bridgehead atoms. The van der Waals surface area contributed by atoms with Crippen LogP contribution in [0.3, 0.4) is 0 Å². The third-order valence-corrected chi connectivity index (χ3v) is 2.75. The van der Waals surface area contributed by atoms with Gasteiger partial charge >= 0.3 is 12.0 Å². The van der Waals surface area contributed by atoms with Crippen LogP contribution in [0.1, 0.15) is 12.8 Å². The lowest BCUT2D eigenvalue weighted by Gasteiger charge is -2.20. The third-order valence-electron chi connectivity index (χ3n) is 2.75. The predicted octanol–water partition coefficient (Wildman–Crippen LogP) is 0.501. The van der Waals surface area contributed by atoms with Crippen LogP contribution in [0.4, 0.5) is 10.6 Å². The molecule has 7 heteroatoms. The molecule has 17 heavy (non-hydrogen) atoms. The summed E-state index contributed by atoms with van der Waals surface area (Å²) < 4.78 is 1.56. The highest BCUT2D eigenvalue weighted by Crippen LogP contribution is 2.18. The number of urea groups is 1. The second kappa shape index (κ2) is 4.44. The molecule has 1 aromatic rings. The van der Waals surface area contributed by atoms with E-state index in [4.69, 9.17) is 5.11 Å². The summed E-state index contributed by atoms with van der Waals surface area (Å²) in [6, 6.07) is 0.524. The number of carboxylic acids is 1. The van der Waals surface area contributed by atoms with E-state index in [0.29, 0.717) is 25.2 Å². The Morgan fingerprint density at radius 2 is 2.35 bits per heavy atom. The highest BCUT2D eigenvalue weighted by atomic mass is 16.4. The van der Waals surface area contributed by atoms with Crippen LogP contribution in [0, 0.1) is 0 Å². The number of aromatic nitrogens is 2. The summed E-state index contributed by atoms with van der Waals surface area (Å²) in [5, 5.41) is 15.5. The number of carbonyl (C=O) groups is 2. The summed E-state index contributed by atoms with van der Waals surface area (Å²) in [6.07, 6.45) is 2.92. The second-order valence-electron chi connectivity index (χ2n) is 3.99. The van der Waals surface area contributed by atoms with E-state index in [-0.39, 0.29) is 0 Å². The average molecular weight is 238 g/mol. The smallest absolute Gasteiger partial charge is 0.326 e. The number of hydrogen-bond donors (Lipinski definition) is 2. The van der Waals surface area contributed by atoms with E-state index in [9.17, 15) is 9.59 Å². The first kappa shape index (κ1) is 11.4. The van der Waals surface area contributed by atoms with Gasteiger partial charge in [0.2, 0.25) is 0 Å². The van der Waals surface area contributed by atoms with E-state index in [1.807, 2.05) is 0 Å². The molecule has 1 fully saturated rings. The first-order chi connectivity index (χ1) is 8.08. The molecule has 1 aliphatic heterocycles. The SMILES string of the molecule is Cn1ccc(NC(=O)N2CCCC2C(=O)O)n1. The van der Waals surface area contributed by atoms with Gasteiger partial charge in [0.25, 0.3) is 0 Å². The van der Waals surface area contributed by atoms with Gasteiger partial charge in [-0.3, -0.25) is 10.00 Å². The van der Waals surface area contributed by atoms with Crippen molar-refractivity contribution >= 4 is 17.8 Å². The van der Waals surface area contributed by atoms with E-state index in [1.165, 1.54) is 4.90 Å². The number of carboxylic acid groups (broad SMARTS) is 1. The molecule has 2 rings (SSSR count). The highest BCUT2D eigenvalue weighted by molar-refractivity contribution is 5.91. The highest BCUT2D eigenvalue weighted by Gasteiger charge is 2.34. The molecule has 2 amide bonds. The Labute approximate surface area is 98.0 Å². The molecule has 0 aliphatic carbocycles. The topological polar surface area (TPSA) is 87.5 Å². The molecule has 0 radical (unpaired) electrons. The van der Waals surface area contributed by atoms with Gasteiger partial charge in [-0.15, -0.1) is 0 Å². The Kier molecular flexibility index (Phi) is 2.99. The van der Waals surface area contributed by atoms with Crippen molar-refractivity contribution in [3.8, 4) is 0 Å². The van der Waals surface area contributed by atoms with Crippen LogP contribution in [0.25, 0.3) is 0 Å². The molecule has 1 aliphatic rings. The lowest BCUT2D eigenvalue weighted by Crippen LogP contribution is -2.42. The van der Waals surface area contributed by atoms with E-state index < -0.39 is 18.0 Å². The standard InChI is InChI=1S/C10H14N4O3/c1-13-6-4-8(12-13)11-10(17)14-5-2-3-7(14)9(15)16/h4,6-7H,2-3,5H2,1H3,(H,15,16)(H,11,12,17). The fraction of sp³-hybridized carbons (Fsp3) is 0.500. The van der Waals surface area contributed by atoms with E-state index in [0.717, 1.165) is 0 Å². The fourth-order valence-corrected chi connectivity index (χ4v) is 1.93. The molecule has 0 saturated carbocycles. The summed E-state index contributed by atoms with van der Waals surface area (Å²) in [5.41, 5.74) is 0. The largest absolute Gasteiger partial charge is 0.480 e. The van der Waals surface area contributed by atoms with E-state index in [1.54, 1.807) is 24.0 Å². The zero-order valence-electron chi connectivity index (χ0n) is 9.46. The number of anilines is 1. The van der Waals surface area contributed by atoms with E-state index >= 15 is 0 Å². The van der Waals surface area contributed by atoms with Gasteiger partial charge in [-0.05, 0) is 12.8 Å². The Morgan fingerprint density at radius 3 is 2.94 bits per heavy atom. The first-order valence-electron chi connectivity index (χ1n) is 5.38. The quantitative estimate of drug-likeness (QED) is 0.785. The van der Waals surface area contributed by atoms with Crippen LogP contribution in [0.2, 0.25) is 0 Å². The normalized spacial score (nSPS) is 19.4. The number of hydrogen-bond acceptors (Lipinski definition) is 3. The van der Waals surface area contributed by atoms with Gasteiger partial charge < -0.3 is 10.0 Å². The molecule has 1 aromatic heterocycles. The Hall–Kier alpha value is -2.05. The monoisotopic (exact) mass is 238 g/mol. The molecular formula is C10H14N4O3. The summed E-state index contributed by atoms with van der Waals surface area (Å²) in [4.78, 5) is 24.1. The van der Waals surface area contributed by atoms with Gasteiger partial charge in [-0.1, -0.05) is 0 Å². The third kappa shape index (κ3) is 2.38. The second-order valence-corrected chi connectivity index (χ2v) is 3.99. The maximum atomic E-state index is 11.8. The summed E-state index contributed by atoms with van der Waals surface area (Å²) >= 11 is 0. The lowest BCUT2D eigenvalue weighted by atomic mass is 10.2. The molecule has 0 aromatic carbocycles. The minimum absolute atomic E-state index is 0.409. The number of carbonyl (C=O) groups excluding carboxylic acids is 1. The molecule has 2 N–H and O–H groups in total. The number of aryl methyl sites for hydroxylation is 1. The van der Waals surface area contributed by atoms with Crippen molar-refractivity contribution < 1.29 is 14.7 Å². The Balaban J connectivity index is 2.02. The van der Waals surface area contributed by atoms with Gasteiger partial charge in [-0.2, -0.15) is 5.10 Å². The number of rotatable bonds is 2. The average Bonchev–Trinajstić information content (AvgIpc) is 2.86. The van der Waals surface area contributed by atoms with Gasteiger partial charge in [0.1, 0.15) is 6.04 Å². The van der Waals surface area contributed by atoms with Crippen molar-refractivity contribution in [3.63, 3.8) is 0 Å². The number of nitrogens with one attached hydrogen (secondary N) is 1. The Bertz CT molecular complexity index is 443. The summed E-state index contributed by atoms with van der Waals surface area (Å²) in [6.45, 7) is 0.468. The minimum Gasteiger partial charge on any atom is -0.480 e. The van der Waals surface area contributed by atoms with Crippen LogP contribution in [0.15, 0.2) is 12.3 Å². The van der Waals surface area contributed by atoms with Crippen molar-refractivity contribution in [2.45, 2.75) is 18.9 Å². The van der Waals surface area contributed by atoms with Crippen molar-refractivity contribution in [2.75, 3.05) is 11.9 Å². The van der Waals surface area contributed by atoms with Crippen LogP contribution in [0.5, 0.6) is 0 Å². The van der Waals surface area contributed by atoms with Crippen molar-refractivity contribution in [1.82, 2.24) is 14.7 Å². The number of nitrogens with zero attached hydrogens (tertiary/aromatic N) is 3.